The van der Waals surface area contributed by atoms with Crippen molar-refractivity contribution < 1.29 is 19.1 Å². The molecule has 0 aliphatic rings. The van der Waals surface area contributed by atoms with Crippen LogP contribution in [0.5, 0.6) is 0 Å². The minimum atomic E-state index is -0.501. The first-order chi connectivity index (χ1) is 13.3. The highest BCUT2D eigenvalue weighted by Gasteiger charge is 2.10. The second kappa shape index (κ2) is 10.3. The van der Waals surface area contributed by atoms with Crippen LogP contribution in [0.25, 0.3) is 0 Å². The first-order valence-corrected chi connectivity index (χ1v) is 9.23. The smallest absolute Gasteiger partial charge is 0.306 e. The molecule has 6 heteroatoms. The van der Waals surface area contributed by atoms with Crippen molar-refractivity contribution in [3.63, 3.8) is 0 Å². The lowest BCUT2D eigenvalue weighted by Crippen LogP contribution is -2.21. The maximum absolute atomic E-state index is 11.9. The predicted molar refractivity (Wildman–Crippen MR) is 109 cm³/mol. The molecule has 2 aromatic rings. The van der Waals surface area contributed by atoms with Gasteiger partial charge < -0.3 is 15.4 Å². The van der Waals surface area contributed by atoms with Crippen LogP contribution in [0.2, 0.25) is 0 Å². The van der Waals surface area contributed by atoms with Crippen molar-refractivity contribution in [2.75, 3.05) is 17.2 Å². The molecule has 2 amide bonds. The number of ether oxygens (including phenoxy) is 1. The van der Waals surface area contributed by atoms with Crippen molar-refractivity contribution in [1.82, 2.24) is 0 Å². The minimum absolute atomic E-state index is 0.0814. The summed E-state index contributed by atoms with van der Waals surface area (Å²) in [5, 5.41) is 5.52. The molecule has 0 saturated carbocycles. The molecule has 0 aliphatic carbocycles. The van der Waals surface area contributed by atoms with Crippen LogP contribution >= 0.6 is 0 Å². The molecule has 0 aromatic heterocycles. The van der Waals surface area contributed by atoms with Crippen molar-refractivity contribution in [3.05, 3.63) is 59.2 Å². The Kier molecular flexibility index (Phi) is 7.75. The SMILES string of the molecule is Cc1cc(C)cc(NC(=O)COC(=O)CCCC(=O)Nc2ccccc2C)c1. The third kappa shape index (κ3) is 7.23. The Balaban J connectivity index is 1.66. The summed E-state index contributed by atoms with van der Waals surface area (Å²) in [4.78, 5) is 35.6. The van der Waals surface area contributed by atoms with Crippen molar-refractivity contribution in [2.45, 2.75) is 40.0 Å². The van der Waals surface area contributed by atoms with E-state index in [1.54, 1.807) is 0 Å². The molecule has 0 spiro atoms. The average molecular weight is 382 g/mol. The number of aryl methyl sites for hydroxylation is 3. The third-order valence-corrected chi connectivity index (χ3v) is 4.07. The van der Waals surface area contributed by atoms with Gasteiger partial charge in [0.15, 0.2) is 6.61 Å². The van der Waals surface area contributed by atoms with Crippen molar-refractivity contribution in [3.8, 4) is 0 Å². The van der Waals surface area contributed by atoms with Gasteiger partial charge in [-0.25, -0.2) is 0 Å². The molecule has 0 radical (unpaired) electrons. The second-order valence-electron chi connectivity index (χ2n) is 6.80. The highest BCUT2D eigenvalue weighted by Crippen LogP contribution is 2.15. The number of hydrogen-bond donors (Lipinski definition) is 2. The summed E-state index contributed by atoms with van der Waals surface area (Å²) < 4.78 is 4.97. The fraction of sp³-hybridized carbons (Fsp3) is 0.318. The van der Waals surface area contributed by atoms with E-state index in [9.17, 15) is 14.4 Å². The first kappa shape index (κ1) is 21.2. The maximum Gasteiger partial charge on any atom is 0.306 e. The van der Waals surface area contributed by atoms with Gasteiger partial charge in [0.1, 0.15) is 0 Å². The summed E-state index contributed by atoms with van der Waals surface area (Å²) in [6.45, 7) is 5.45. The van der Waals surface area contributed by atoms with E-state index in [1.807, 2.05) is 63.2 Å². The Morgan fingerprint density at radius 1 is 0.857 bits per heavy atom. The number of carbonyl (C=O) groups is 3. The number of carbonyl (C=O) groups excluding carboxylic acids is 3. The monoisotopic (exact) mass is 382 g/mol. The van der Waals surface area contributed by atoms with Crippen molar-refractivity contribution >= 4 is 29.2 Å². The van der Waals surface area contributed by atoms with E-state index in [1.165, 1.54) is 0 Å². The Bertz CT molecular complexity index is 841. The number of esters is 1. The fourth-order valence-corrected chi connectivity index (χ4v) is 2.78. The molecule has 28 heavy (non-hydrogen) atoms. The topological polar surface area (TPSA) is 84.5 Å². The lowest BCUT2D eigenvalue weighted by Gasteiger charge is -2.09. The Labute approximate surface area is 165 Å². The lowest BCUT2D eigenvalue weighted by atomic mass is 10.1. The highest BCUT2D eigenvalue weighted by molar-refractivity contribution is 5.93. The Morgan fingerprint density at radius 2 is 1.54 bits per heavy atom. The largest absolute Gasteiger partial charge is 0.456 e. The fourth-order valence-electron chi connectivity index (χ4n) is 2.78. The van der Waals surface area contributed by atoms with E-state index in [2.05, 4.69) is 10.6 Å². The van der Waals surface area contributed by atoms with Gasteiger partial charge in [-0.15, -0.1) is 0 Å². The predicted octanol–water partition coefficient (Wildman–Crippen LogP) is 3.90. The molecule has 0 fully saturated rings. The number of amides is 2. The average Bonchev–Trinajstić information content (AvgIpc) is 2.61. The number of para-hydroxylation sites is 1. The van der Waals surface area contributed by atoms with Crippen LogP contribution in [0.15, 0.2) is 42.5 Å². The quantitative estimate of drug-likeness (QED) is 0.678. The molecular formula is C22H26N2O4. The highest BCUT2D eigenvalue weighted by atomic mass is 16.5. The minimum Gasteiger partial charge on any atom is -0.456 e. The van der Waals surface area contributed by atoms with Crippen molar-refractivity contribution in [1.29, 1.82) is 0 Å². The van der Waals surface area contributed by atoms with Gasteiger partial charge in [0, 0.05) is 24.2 Å². The van der Waals surface area contributed by atoms with E-state index in [4.69, 9.17) is 4.74 Å². The van der Waals surface area contributed by atoms with Gasteiger partial charge >= 0.3 is 5.97 Å². The molecule has 2 N–H and O–H groups in total. The summed E-state index contributed by atoms with van der Waals surface area (Å²) >= 11 is 0. The summed E-state index contributed by atoms with van der Waals surface area (Å²) in [5.41, 5.74) is 4.49. The van der Waals surface area contributed by atoms with Crippen LogP contribution in [-0.4, -0.2) is 24.4 Å². The summed E-state index contributed by atoms with van der Waals surface area (Å²) in [7, 11) is 0. The molecule has 6 nitrogen and oxygen atoms in total. The van der Waals surface area contributed by atoms with Gasteiger partial charge in [0.05, 0.1) is 0 Å². The molecule has 0 unspecified atom stereocenters. The molecule has 0 heterocycles. The van der Waals surface area contributed by atoms with Crippen LogP contribution in [0.4, 0.5) is 11.4 Å². The van der Waals surface area contributed by atoms with Crippen LogP contribution in [0, 0.1) is 20.8 Å². The molecule has 0 aliphatic heterocycles. The Morgan fingerprint density at radius 3 is 2.21 bits per heavy atom. The zero-order valence-corrected chi connectivity index (χ0v) is 16.5. The second-order valence-corrected chi connectivity index (χ2v) is 6.80. The number of rotatable bonds is 8. The number of benzene rings is 2. The first-order valence-electron chi connectivity index (χ1n) is 9.23. The van der Waals surface area contributed by atoms with Crippen LogP contribution in [0.3, 0.4) is 0 Å². The molecule has 0 atom stereocenters. The van der Waals surface area contributed by atoms with Gasteiger partial charge in [0.25, 0.3) is 5.91 Å². The summed E-state index contributed by atoms with van der Waals surface area (Å²) in [5.74, 6) is -1.05. The van der Waals surface area contributed by atoms with E-state index in [0.29, 0.717) is 12.1 Å². The molecule has 0 bridgehead atoms. The molecule has 2 rings (SSSR count). The van der Waals surface area contributed by atoms with E-state index in [0.717, 1.165) is 22.4 Å². The standard InChI is InChI=1S/C22H26N2O4/c1-15-11-16(2)13-18(12-15)23-21(26)14-28-22(27)10-6-9-20(25)24-19-8-5-4-7-17(19)3/h4-5,7-8,11-13H,6,9-10,14H2,1-3H3,(H,23,26)(H,24,25). The van der Waals surface area contributed by atoms with Gasteiger partial charge in [-0.1, -0.05) is 24.3 Å². The summed E-state index contributed by atoms with van der Waals surface area (Å²) in [6.07, 6.45) is 0.644. The zero-order chi connectivity index (χ0) is 20.5. The zero-order valence-electron chi connectivity index (χ0n) is 16.5. The molecule has 2 aromatic carbocycles. The molecule has 148 valence electrons. The van der Waals surface area contributed by atoms with Gasteiger partial charge in [-0.3, -0.25) is 14.4 Å². The normalized spacial score (nSPS) is 10.2. The van der Waals surface area contributed by atoms with Gasteiger partial charge in [0.2, 0.25) is 5.91 Å². The Hall–Kier alpha value is -3.15. The van der Waals surface area contributed by atoms with Crippen LogP contribution in [-0.2, 0) is 19.1 Å². The number of anilines is 2. The van der Waals surface area contributed by atoms with Crippen molar-refractivity contribution in [2.24, 2.45) is 0 Å². The van der Waals surface area contributed by atoms with Crippen LogP contribution < -0.4 is 10.6 Å². The van der Waals surface area contributed by atoms with E-state index >= 15 is 0 Å². The maximum atomic E-state index is 11.9. The van der Waals surface area contributed by atoms with E-state index < -0.39 is 11.9 Å². The van der Waals surface area contributed by atoms with Crippen LogP contribution in [0.1, 0.15) is 36.0 Å². The molecule has 0 saturated heterocycles. The van der Waals surface area contributed by atoms with E-state index in [-0.39, 0.29) is 25.4 Å². The summed E-state index contributed by atoms with van der Waals surface area (Å²) in [6, 6.07) is 13.2. The number of nitrogens with one attached hydrogen (secondary N) is 2. The van der Waals surface area contributed by atoms with Gasteiger partial charge in [-0.2, -0.15) is 0 Å². The number of hydrogen-bond acceptors (Lipinski definition) is 4. The lowest BCUT2D eigenvalue weighted by molar-refractivity contribution is -0.147. The molecular weight excluding hydrogens is 356 g/mol. The van der Waals surface area contributed by atoms with Gasteiger partial charge in [-0.05, 0) is 62.1 Å². The third-order valence-electron chi connectivity index (χ3n) is 4.07.